The number of methoxy groups -OCH3 is 1. The number of hydrogen-bond donors (Lipinski definition) is 4. The fraction of sp³-hybridized carbons (Fsp3) is 0.333. The Morgan fingerprint density at radius 3 is 2.28 bits per heavy atom. The van der Waals surface area contributed by atoms with E-state index in [0.29, 0.717) is 17.9 Å². The number of rotatable bonds is 7. The minimum absolute atomic E-state index is 0.240. The van der Waals surface area contributed by atoms with Gasteiger partial charge in [0.1, 0.15) is 0 Å². The molecule has 2 aromatic rings. The molecule has 3 rings (SSSR count). The third-order valence-electron chi connectivity index (χ3n) is 5.85. The van der Waals surface area contributed by atoms with Gasteiger partial charge in [0.2, 0.25) is 0 Å². The van der Waals surface area contributed by atoms with E-state index in [-0.39, 0.29) is 24.5 Å². The molecule has 0 aromatic heterocycles. The van der Waals surface area contributed by atoms with Crippen molar-refractivity contribution in [1.29, 1.82) is 0 Å². The molecule has 170 valence electrons. The number of nitrogens with one attached hydrogen (secondary N) is 2. The highest BCUT2D eigenvalue weighted by Gasteiger charge is 2.44. The molecule has 1 heterocycles. The van der Waals surface area contributed by atoms with Gasteiger partial charge in [-0.2, -0.15) is 0 Å². The zero-order valence-electron chi connectivity index (χ0n) is 18.8. The summed E-state index contributed by atoms with van der Waals surface area (Å²) >= 11 is 0. The number of nitrogens with zero attached hydrogens (tertiary/aromatic N) is 1. The standard InChI is InChI=1S/C24H31N5O3/c1-24(2)20(25)18(21(26)28-22(30)17-12-8-5-9-13-17)14-29(24)23(31)27-19(15-32-3)16-10-6-4-7-11-16/h4-13,19,21H,14-15,25-26H2,1-3H3,(H,27,31)(H,28,30)/p+1/t19-,21?/m1/s1. The summed E-state index contributed by atoms with van der Waals surface area (Å²) < 4.78 is 5.31. The minimum Gasteiger partial charge on any atom is -0.400 e. The van der Waals surface area contributed by atoms with Gasteiger partial charge in [-0.15, -0.1) is 0 Å². The van der Waals surface area contributed by atoms with Gasteiger partial charge in [-0.1, -0.05) is 48.5 Å². The molecule has 1 unspecified atom stereocenters. The number of nitrogens with two attached hydrogens (primary N) is 1. The predicted octanol–water partition coefficient (Wildman–Crippen LogP) is 1.39. The van der Waals surface area contributed by atoms with Gasteiger partial charge in [0.15, 0.2) is 6.17 Å². The van der Waals surface area contributed by atoms with Crippen LogP contribution in [0.1, 0.15) is 35.8 Å². The average Bonchev–Trinajstić information content (AvgIpc) is 3.03. The lowest BCUT2D eigenvalue weighted by atomic mass is 9.99. The molecular formula is C24H32N5O3+. The Labute approximate surface area is 188 Å². The van der Waals surface area contributed by atoms with Gasteiger partial charge in [-0.05, 0) is 31.5 Å². The van der Waals surface area contributed by atoms with E-state index in [2.05, 4.69) is 16.4 Å². The van der Waals surface area contributed by atoms with Crippen LogP contribution in [0.4, 0.5) is 4.79 Å². The summed E-state index contributed by atoms with van der Waals surface area (Å²) in [7, 11) is 1.60. The van der Waals surface area contributed by atoms with Gasteiger partial charge in [0, 0.05) is 23.9 Å². The van der Waals surface area contributed by atoms with Crippen LogP contribution in [-0.4, -0.2) is 48.8 Å². The first-order valence-electron chi connectivity index (χ1n) is 10.6. The Kier molecular flexibility index (Phi) is 7.17. The molecule has 0 bridgehead atoms. The Morgan fingerprint density at radius 2 is 1.69 bits per heavy atom. The van der Waals surface area contributed by atoms with Crippen LogP contribution in [0.15, 0.2) is 71.9 Å². The van der Waals surface area contributed by atoms with Crippen molar-refractivity contribution < 1.29 is 20.1 Å². The summed E-state index contributed by atoms with van der Waals surface area (Å²) in [5, 5.41) is 5.94. The maximum Gasteiger partial charge on any atom is 0.319 e. The van der Waals surface area contributed by atoms with Crippen LogP contribution in [0.25, 0.3) is 0 Å². The van der Waals surface area contributed by atoms with Crippen molar-refractivity contribution in [1.82, 2.24) is 15.5 Å². The van der Waals surface area contributed by atoms with E-state index < -0.39 is 11.7 Å². The number of ether oxygens (including phenoxy) is 1. The first-order chi connectivity index (χ1) is 15.3. The average molecular weight is 439 g/mol. The molecule has 1 aliphatic rings. The van der Waals surface area contributed by atoms with Crippen molar-refractivity contribution in [3.8, 4) is 0 Å². The highest BCUT2D eigenvalue weighted by atomic mass is 16.5. The highest BCUT2D eigenvalue weighted by molar-refractivity contribution is 5.94. The van der Waals surface area contributed by atoms with Crippen molar-refractivity contribution in [2.75, 3.05) is 20.3 Å². The van der Waals surface area contributed by atoms with Gasteiger partial charge in [-0.25, -0.2) is 4.79 Å². The topological polar surface area (TPSA) is 124 Å². The molecule has 32 heavy (non-hydrogen) atoms. The number of carbonyl (C=O) groups is 2. The summed E-state index contributed by atoms with van der Waals surface area (Å²) in [4.78, 5) is 27.5. The molecule has 8 heteroatoms. The quantitative estimate of drug-likeness (QED) is 0.488. The summed E-state index contributed by atoms with van der Waals surface area (Å²) in [6, 6.07) is 18.0. The Hall–Kier alpha value is -3.36. The van der Waals surface area contributed by atoms with Crippen LogP contribution in [0.2, 0.25) is 0 Å². The maximum absolute atomic E-state index is 13.2. The second kappa shape index (κ2) is 9.84. The van der Waals surface area contributed by atoms with E-state index in [1.54, 1.807) is 36.3 Å². The van der Waals surface area contributed by atoms with Crippen LogP contribution in [0.3, 0.4) is 0 Å². The number of benzene rings is 2. The summed E-state index contributed by atoms with van der Waals surface area (Å²) in [6.45, 7) is 4.37. The Balaban J connectivity index is 1.73. The molecule has 0 fully saturated rings. The number of amides is 3. The summed E-state index contributed by atoms with van der Waals surface area (Å²) in [5.74, 6) is -0.240. The van der Waals surface area contributed by atoms with Crippen molar-refractivity contribution in [3.63, 3.8) is 0 Å². The van der Waals surface area contributed by atoms with E-state index in [1.165, 1.54) is 0 Å². The minimum atomic E-state index is -0.735. The third-order valence-corrected chi connectivity index (χ3v) is 5.85. The first-order valence-corrected chi connectivity index (χ1v) is 10.6. The van der Waals surface area contributed by atoms with Crippen LogP contribution in [0, 0.1) is 0 Å². The monoisotopic (exact) mass is 438 g/mol. The van der Waals surface area contributed by atoms with E-state index in [1.807, 2.05) is 50.2 Å². The van der Waals surface area contributed by atoms with Gasteiger partial charge in [-0.3, -0.25) is 10.1 Å². The number of hydrogen-bond acceptors (Lipinski definition) is 4. The van der Waals surface area contributed by atoms with Gasteiger partial charge in [0.25, 0.3) is 5.91 Å². The molecule has 3 amide bonds. The Morgan fingerprint density at radius 1 is 1.09 bits per heavy atom. The molecule has 1 aliphatic heterocycles. The second-order valence-corrected chi connectivity index (χ2v) is 8.34. The fourth-order valence-electron chi connectivity index (χ4n) is 3.83. The van der Waals surface area contributed by atoms with E-state index in [9.17, 15) is 9.59 Å². The van der Waals surface area contributed by atoms with Crippen LogP contribution in [-0.2, 0) is 4.74 Å². The van der Waals surface area contributed by atoms with E-state index >= 15 is 0 Å². The lowest BCUT2D eigenvalue weighted by molar-refractivity contribution is -0.412. The lowest BCUT2D eigenvalue weighted by Gasteiger charge is -2.34. The normalized spacial score (nSPS) is 17.1. The molecule has 2 aromatic carbocycles. The maximum atomic E-state index is 13.2. The largest absolute Gasteiger partial charge is 0.400 e. The third kappa shape index (κ3) is 4.92. The molecule has 7 N–H and O–H groups in total. The van der Waals surface area contributed by atoms with E-state index in [0.717, 1.165) is 11.1 Å². The molecule has 0 saturated carbocycles. The highest BCUT2D eigenvalue weighted by Crippen LogP contribution is 2.32. The molecule has 0 spiro atoms. The van der Waals surface area contributed by atoms with Crippen LogP contribution in [0.5, 0.6) is 0 Å². The zero-order valence-corrected chi connectivity index (χ0v) is 18.8. The predicted molar refractivity (Wildman–Crippen MR) is 122 cm³/mol. The molecular weight excluding hydrogens is 406 g/mol. The molecule has 2 atom stereocenters. The summed E-state index contributed by atoms with van der Waals surface area (Å²) in [6.07, 6.45) is -0.566. The molecule has 0 radical (unpaired) electrons. The number of carbonyl (C=O) groups excluding carboxylic acids is 2. The molecule has 0 aliphatic carbocycles. The van der Waals surface area contributed by atoms with E-state index in [4.69, 9.17) is 10.5 Å². The molecule has 0 saturated heterocycles. The summed E-state index contributed by atoms with van der Waals surface area (Å²) in [5.41, 5.74) is 12.5. The fourth-order valence-corrected chi connectivity index (χ4v) is 3.83. The zero-order chi connectivity index (χ0) is 23.3. The van der Waals surface area contributed by atoms with Gasteiger partial charge < -0.3 is 26.4 Å². The number of urea groups is 1. The van der Waals surface area contributed by atoms with Crippen LogP contribution >= 0.6 is 0 Å². The smallest absolute Gasteiger partial charge is 0.319 e. The SMILES string of the molecule is COC[C@@H](NC(=O)N1CC(C([NH3+])NC(=O)c2ccccc2)=C(N)C1(C)C)c1ccccc1. The van der Waals surface area contributed by atoms with Gasteiger partial charge >= 0.3 is 6.03 Å². The second-order valence-electron chi connectivity index (χ2n) is 8.34. The Bertz CT molecular complexity index is 976. The van der Waals surface area contributed by atoms with Crippen molar-refractivity contribution in [2.45, 2.75) is 31.6 Å². The first kappa shape index (κ1) is 23.3. The van der Waals surface area contributed by atoms with Gasteiger partial charge in [0.05, 0.1) is 24.7 Å². The number of quaternary nitrogens is 1. The van der Waals surface area contributed by atoms with Crippen molar-refractivity contribution >= 4 is 11.9 Å². The van der Waals surface area contributed by atoms with Crippen molar-refractivity contribution in [2.24, 2.45) is 5.73 Å². The lowest BCUT2D eigenvalue weighted by Crippen LogP contribution is -2.70. The molecule has 8 nitrogen and oxygen atoms in total. The van der Waals surface area contributed by atoms with Crippen molar-refractivity contribution in [3.05, 3.63) is 83.1 Å². The van der Waals surface area contributed by atoms with Crippen LogP contribution < -0.4 is 22.1 Å².